The number of fused-ring (bicyclic) bond motifs is 1. The monoisotopic (exact) mass is 467 g/mol. The summed E-state index contributed by atoms with van der Waals surface area (Å²) in [6, 6.07) is 7.60. The summed E-state index contributed by atoms with van der Waals surface area (Å²) >= 11 is 0. The fourth-order valence-corrected chi connectivity index (χ4v) is 4.01. The molecule has 3 aromatic rings. The molecule has 0 unspecified atom stereocenters. The molecule has 0 aliphatic rings. The Morgan fingerprint density at radius 2 is 1.52 bits per heavy atom. The Labute approximate surface area is 174 Å². The number of nitrogens with two attached hydrogens (primary N) is 1. The molecule has 0 spiro atoms. The number of nitrogens with zero attached hydrogens (tertiary/aromatic N) is 2. The number of carbonyl (C=O) groups is 1. The lowest BCUT2D eigenvalue weighted by atomic mass is 10.1. The predicted molar refractivity (Wildman–Crippen MR) is 107 cm³/mol. The van der Waals surface area contributed by atoms with Crippen LogP contribution in [0.25, 0.3) is 10.8 Å². The zero-order valence-electron chi connectivity index (χ0n) is 15.2. The van der Waals surface area contributed by atoms with Crippen molar-refractivity contribution in [1.29, 1.82) is 0 Å². The lowest BCUT2D eigenvalue weighted by molar-refractivity contribution is 0.0697. The number of rotatable bonds is 5. The molecule has 14 heteroatoms. The van der Waals surface area contributed by atoms with E-state index in [4.69, 9.17) is 5.73 Å². The summed E-state index contributed by atoms with van der Waals surface area (Å²) in [5.41, 5.74) is 4.92. The van der Waals surface area contributed by atoms with Crippen LogP contribution in [-0.2, 0) is 20.2 Å². The number of carboxylic acids is 1. The molecule has 3 aromatic carbocycles. The number of aromatic hydroxyl groups is 1. The third-order valence-corrected chi connectivity index (χ3v) is 5.87. The number of phenolic OH excluding ortho intramolecular Hbond substituents is 1. The first-order valence-electron chi connectivity index (χ1n) is 8.09. The van der Waals surface area contributed by atoms with Crippen molar-refractivity contribution in [2.45, 2.75) is 9.79 Å². The van der Waals surface area contributed by atoms with Crippen molar-refractivity contribution in [2.24, 2.45) is 10.2 Å². The van der Waals surface area contributed by atoms with Crippen molar-refractivity contribution in [3.63, 3.8) is 0 Å². The fraction of sp³-hybridized carbons (Fsp3) is 0. The third kappa shape index (κ3) is 4.31. The molecule has 162 valence electrons. The Hall–Kier alpha value is -3.59. The largest absolute Gasteiger partial charge is 0.507 e. The number of anilines is 1. The standard InChI is InChI=1S/C17H13N3O9S2/c18-16-12(20-19-11-4-2-1-3-9(11)17(22)23)7-14(31(27,28)29)10-5-8(30(24,25)26)6-13(21)15(10)16/h1-7,21H,18H2,(H,22,23)(H,24,25,26)(H,27,28,29). The summed E-state index contributed by atoms with van der Waals surface area (Å²) in [5, 5.41) is 26.0. The van der Waals surface area contributed by atoms with E-state index < -0.39 is 47.1 Å². The second-order valence-electron chi connectivity index (χ2n) is 6.14. The number of azo groups is 1. The molecule has 0 saturated carbocycles. The highest BCUT2D eigenvalue weighted by Gasteiger charge is 2.24. The number of hydrogen-bond donors (Lipinski definition) is 5. The SMILES string of the molecule is Nc1c(N=Nc2ccccc2C(=O)O)cc(S(=O)(=O)O)c2cc(S(=O)(=O)O)cc(O)c12. The molecule has 0 amide bonds. The van der Waals surface area contributed by atoms with Gasteiger partial charge in [0.25, 0.3) is 20.2 Å². The van der Waals surface area contributed by atoms with Gasteiger partial charge in [-0.1, -0.05) is 12.1 Å². The van der Waals surface area contributed by atoms with Gasteiger partial charge in [0.15, 0.2) is 0 Å². The van der Waals surface area contributed by atoms with Crippen molar-refractivity contribution in [1.82, 2.24) is 0 Å². The Morgan fingerprint density at radius 1 is 0.903 bits per heavy atom. The van der Waals surface area contributed by atoms with Gasteiger partial charge in [-0.3, -0.25) is 9.11 Å². The maximum Gasteiger partial charge on any atom is 0.337 e. The molecular weight excluding hydrogens is 454 g/mol. The van der Waals surface area contributed by atoms with Crippen molar-refractivity contribution in [3.8, 4) is 5.75 Å². The minimum Gasteiger partial charge on any atom is -0.507 e. The maximum atomic E-state index is 11.9. The Morgan fingerprint density at radius 3 is 2.10 bits per heavy atom. The first kappa shape index (κ1) is 22.1. The van der Waals surface area contributed by atoms with E-state index in [9.17, 15) is 40.9 Å². The van der Waals surface area contributed by atoms with Crippen LogP contribution < -0.4 is 5.73 Å². The van der Waals surface area contributed by atoms with Crippen LogP contribution in [0.3, 0.4) is 0 Å². The Kier molecular flexibility index (Phi) is 5.41. The summed E-state index contributed by atoms with van der Waals surface area (Å²) < 4.78 is 65.3. The minimum atomic E-state index is -4.99. The zero-order chi connectivity index (χ0) is 23.1. The van der Waals surface area contributed by atoms with Crippen LogP contribution in [0.2, 0.25) is 0 Å². The second-order valence-corrected chi connectivity index (χ2v) is 8.96. The maximum absolute atomic E-state index is 11.9. The number of hydrogen-bond acceptors (Lipinski definition) is 9. The number of benzene rings is 3. The van der Waals surface area contributed by atoms with Gasteiger partial charge in [0, 0.05) is 11.5 Å². The van der Waals surface area contributed by atoms with Gasteiger partial charge < -0.3 is 15.9 Å². The van der Waals surface area contributed by atoms with E-state index in [-0.39, 0.29) is 28.0 Å². The molecule has 0 heterocycles. The third-order valence-electron chi connectivity index (χ3n) is 4.15. The highest BCUT2D eigenvalue weighted by molar-refractivity contribution is 7.86. The average Bonchev–Trinajstić information content (AvgIpc) is 2.65. The number of nitrogen functional groups attached to an aromatic ring is 1. The fourth-order valence-electron chi connectivity index (χ4n) is 2.78. The molecule has 0 aliphatic carbocycles. The van der Waals surface area contributed by atoms with E-state index in [2.05, 4.69) is 10.2 Å². The lowest BCUT2D eigenvalue weighted by Gasteiger charge is -2.12. The zero-order valence-corrected chi connectivity index (χ0v) is 16.8. The van der Waals surface area contributed by atoms with E-state index in [0.717, 1.165) is 6.07 Å². The molecule has 0 aliphatic heterocycles. The van der Waals surface area contributed by atoms with Crippen LogP contribution in [-0.4, -0.2) is 42.1 Å². The van der Waals surface area contributed by atoms with E-state index in [1.807, 2.05) is 0 Å². The molecule has 0 saturated heterocycles. The van der Waals surface area contributed by atoms with Crippen LogP contribution in [0.15, 0.2) is 62.5 Å². The van der Waals surface area contributed by atoms with Crippen molar-refractivity contribution in [3.05, 3.63) is 48.0 Å². The van der Waals surface area contributed by atoms with Crippen molar-refractivity contribution < 1.29 is 40.9 Å². The lowest BCUT2D eigenvalue weighted by Crippen LogP contribution is -2.04. The highest BCUT2D eigenvalue weighted by atomic mass is 32.2. The second kappa shape index (κ2) is 7.59. The Balaban J connectivity index is 2.34. The van der Waals surface area contributed by atoms with Crippen LogP contribution in [0.1, 0.15) is 10.4 Å². The molecule has 0 aromatic heterocycles. The summed E-state index contributed by atoms with van der Waals surface area (Å²) in [7, 11) is -9.83. The molecule has 6 N–H and O–H groups in total. The van der Waals surface area contributed by atoms with Gasteiger partial charge in [-0.05, 0) is 24.3 Å². The summed E-state index contributed by atoms with van der Waals surface area (Å²) in [6.45, 7) is 0. The molecule has 0 fully saturated rings. The van der Waals surface area contributed by atoms with Crippen LogP contribution >= 0.6 is 0 Å². The molecular formula is C17H13N3O9S2. The van der Waals surface area contributed by atoms with Crippen LogP contribution in [0, 0.1) is 0 Å². The predicted octanol–water partition coefficient (Wildman–Crippen LogP) is 2.73. The minimum absolute atomic E-state index is 0.0890. The number of aromatic carboxylic acids is 1. The van der Waals surface area contributed by atoms with E-state index >= 15 is 0 Å². The summed E-state index contributed by atoms with van der Waals surface area (Å²) in [4.78, 5) is 9.56. The van der Waals surface area contributed by atoms with Gasteiger partial charge in [0.05, 0.1) is 21.5 Å². The Bertz CT molecular complexity index is 1480. The molecule has 12 nitrogen and oxygen atoms in total. The van der Waals surface area contributed by atoms with Gasteiger partial charge in [-0.15, -0.1) is 10.2 Å². The average molecular weight is 467 g/mol. The quantitative estimate of drug-likeness (QED) is 0.210. The number of phenols is 1. The van der Waals surface area contributed by atoms with Crippen molar-refractivity contribution >= 4 is 54.0 Å². The van der Waals surface area contributed by atoms with Gasteiger partial charge in [-0.25, -0.2) is 4.79 Å². The van der Waals surface area contributed by atoms with E-state index in [1.165, 1.54) is 24.3 Å². The molecule has 0 bridgehead atoms. The summed E-state index contributed by atoms with van der Waals surface area (Å²) in [5.74, 6) is -2.12. The molecule has 31 heavy (non-hydrogen) atoms. The highest BCUT2D eigenvalue weighted by Crippen LogP contribution is 2.42. The van der Waals surface area contributed by atoms with E-state index in [1.54, 1.807) is 0 Å². The first-order valence-corrected chi connectivity index (χ1v) is 11.0. The van der Waals surface area contributed by atoms with Crippen LogP contribution in [0.5, 0.6) is 5.75 Å². The molecule has 0 radical (unpaired) electrons. The van der Waals surface area contributed by atoms with E-state index in [0.29, 0.717) is 12.1 Å². The topological polar surface area (TPSA) is 217 Å². The van der Waals surface area contributed by atoms with Gasteiger partial charge >= 0.3 is 5.97 Å². The normalized spacial score (nSPS) is 12.5. The van der Waals surface area contributed by atoms with Crippen molar-refractivity contribution in [2.75, 3.05) is 5.73 Å². The van der Waals surface area contributed by atoms with Gasteiger partial charge in [0.1, 0.15) is 22.0 Å². The van der Waals surface area contributed by atoms with Gasteiger partial charge in [0.2, 0.25) is 0 Å². The smallest absolute Gasteiger partial charge is 0.337 e. The first-order chi connectivity index (χ1) is 14.3. The molecule has 3 rings (SSSR count). The summed E-state index contributed by atoms with van der Waals surface area (Å²) in [6.07, 6.45) is 0. The van der Waals surface area contributed by atoms with Crippen LogP contribution in [0.4, 0.5) is 17.1 Å². The molecule has 0 atom stereocenters. The van der Waals surface area contributed by atoms with Gasteiger partial charge in [-0.2, -0.15) is 16.8 Å². The number of carboxylic acid groups (broad SMARTS) is 1.